The molecule has 0 atom stereocenters. The van der Waals surface area contributed by atoms with Gasteiger partial charge in [0.15, 0.2) is 6.29 Å². The lowest BCUT2D eigenvalue weighted by molar-refractivity contribution is -0.215. The largest absolute Gasteiger partial charge is 0.348 e. The molecule has 1 saturated carbocycles. The molecule has 1 saturated heterocycles. The van der Waals surface area contributed by atoms with Crippen molar-refractivity contribution in [2.45, 2.75) is 91.3 Å². The van der Waals surface area contributed by atoms with Gasteiger partial charge in [0.2, 0.25) is 0 Å². The quantitative estimate of drug-likeness (QED) is 0.458. The van der Waals surface area contributed by atoms with Gasteiger partial charge in [-0.3, -0.25) is 0 Å². The van der Waals surface area contributed by atoms with Crippen molar-refractivity contribution in [2.24, 2.45) is 17.8 Å². The molecule has 1 aromatic rings. The maximum Gasteiger partial charge on any atom is 0.184 e. The average molecular weight is 373 g/mol. The van der Waals surface area contributed by atoms with Gasteiger partial charge >= 0.3 is 0 Å². The molecule has 1 aromatic carbocycles. The summed E-state index contributed by atoms with van der Waals surface area (Å²) in [5.41, 5.74) is 3.94. The predicted molar refractivity (Wildman–Crippen MR) is 113 cm³/mol. The first-order valence-electron chi connectivity index (χ1n) is 11.5. The van der Waals surface area contributed by atoms with E-state index in [1.54, 1.807) is 0 Å². The maximum atomic E-state index is 6.19. The minimum atomic E-state index is -0.165. The smallest absolute Gasteiger partial charge is 0.184 e. The van der Waals surface area contributed by atoms with Crippen LogP contribution in [0.15, 0.2) is 18.2 Å². The number of ether oxygens (including phenoxy) is 2. The van der Waals surface area contributed by atoms with Crippen LogP contribution in [0.3, 0.4) is 0 Å². The minimum Gasteiger partial charge on any atom is -0.348 e. The monoisotopic (exact) mass is 372 g/mol. The van der Waals surface area contributed by atoms with Gasteiger partial charge in [-0.25, -0.2) is 0 Å². The second-order valence-corrected chi connectivity index (χ2v) is 8.98. The first-order chi connectivity index (χ1) is 13.2. The van der Waals surface area contributed by atoms with Crippen LogP contribution in [0.1, 0.15) is 94.6 Å². The lowest BCUT2D eigenvalue weighted by Gasteiger charge is -2.38. The summed E-state index contributed by atoms with van der Waals surface area (Å²) < 4.78 is 12.4. The Hall–Kier alpha value is -0.860. The summed E-state index contributed by atoms with van der Waals surface area (Å²) in [6.45, 7) is 8.45. The standard InChI is InChI=1S/C25H40O2/c1-4-6-7-9-20-10-13-22(14-11-20)23-17-26-25(27-18-23)24-15-12-21(8-5-2)16-19(24)3/h12,15-16,20,22-23,25H,4-11,13-14,17-18H2,1-3H3/t20?,22?,23-,25-. The van der Waals surface area contributed by atoms with Gasteiger partial charge < -0.3 is 9.47 Å². The first-order valence-corrected chi connectivity index (χ1v) is 11.5. The molecule has 0 spiro atoms. The van der Waals surface area contributed by atoms with Crippen molar-refractivity contribution in [3.63, 3.8) is 0 Å². The molecule has 1 heterocycles. The van der Waals surface area contributed by atoms with Gasteiger partial charge in [0, 0.05) is 11.5 Å². The molecule has 3 rings (SSSR count). The summed E-state index contributed by atoms with van der Waals surface area (Å²) in [4.78, 5) is 0. The molecule has 0 radical (unpaired) electrons. The molecule has 0 bridgehead atoms. The number of aryl methyl sites for hydroxylation is 2. The van der Waals surface area contributed by atoms with Crippen LogP contribution in [0.5, 0.6) is 0 Å². The average Bonchev–Trinajstić information content (AvgIpc) is 2.69. The van der Waals surface area contributed by atoms with Gasteiger partial charge in [-0.1, -0.05) is 77.0 Å². The van der Waals surface area contributed by atoms with E-state index in [0.29, 0.717) is 5.92 Å². The molecule has 1 aliphatic carbocycles. The third-order valence-electron chi connectivity index (χ3n) is 6.82. The molecule has 0 amide bonds. The van der Waals surface area contributed by atoms with Crippen LogP contribution in [-0.4, -0.2) is 13.2 Å². The van der Waals surface area contributed by atoms with E-state index in [0.717, 1.165) is 31.5 Å². The molecule has 0 aromatic heterocycles. The minimum absolute atomic E-state index is 0.165. The Morgan fingerprint density at radius 1 is 0.889 bits per heavy atom. The second kappa shape index (κ2) is 10.6. The molecule has 2 heteroatoms. The van der Waals surface area contributed by atoms with E-state index in [1.165, 1.54) is 74.5 Å². The highest BCUT2D eigenvalue weighted by atomic mass is 16.7. The molecule has 2 fully saturated rings. The van der Waals surface area contributed by atoms with Crippen molar-refractivity contribution in [3.05, 3.63) is 34.9 Å². The van der Waals surface area contributed by atoms with E-state index in [-0.39, 0.29) is 6.29 Å². The molecule has 1 aliphatic heterocycles. The molecule has 2 nitrogen and oxygen atoms in total. The van der Waals surface area contributed by atoms with E-state index in [9.17, 15) is 0 Å². The maximum absolute atomic E-state index is 6.19. The third kappa shape index (κ3) is 5.81. The predicted octanol–water partition coefficient (Wildman–Crippen LogP) is 7.00. The number of unbranched alkanes of at least 4 members (excludes halogenated alkanes) is 2. The number of benzene rings is 1. The fourth-order valence-corrected chi connectivity index (χ4v) is 5.05. The summed E-state index contributed by atoms with van der Waals surface area (Å²) in [5, 5.41) is 0. The summed E-state index contributed by atoms with van der Waals surface area (Å²) >= 11 is 0. The van der Waals surface area contributed by atoms with Crippen LogP contribution in [0.25, 0.3) is 0 Å². The summed E-state index contributed by atoms with van der Waals surface area (Å²) in [5.74, 6) is 2.38. The van der Waals surface area contributed by atoms with Crippen molar-refractivity contribution in [2.75, 3.05) is 13.2 Å². The highest BCUT2D eigenvalue weighted by molar-refractivity contribution is 5.32. The highest BCUT2D eigenvalue weighted by Gasteiger charge is 2.32. The fraction of sp³-hybridized carbons (Fsp3) is 0.760. The van der Waals surface area contributed by atoms with Crippen LogP contribution in [0.2, 0.25) is 0 Å². The van der Waals surface area contributed by atoms with E-state index in [1.807, 2.05) is 0 Å². The van der Waals surface area contributed by atoms with Crippen LogP contribution in [-0.2, 0) is 15.9 Å². The Labute approximate surface area is 167 Å². The highest BCUT2D eigenvalue weighted by Crippen LogP contribution is 2.39. The van der Waals surface area contributed by atoms with Gasteiger partial charge in [-0.05, 0) is 49.1 Å². The zero-order valence-corrected chi connectivity index (χ0v) is 17.8. The van der Waals surface area contributed by atoms with Crippen LogP contribution < -0.4 is 0 Å². The fourth-order valence-electron chi connectivity index (χ4n) is 5.05. The van der Waals surface area contributed by atoms with Crippen molar-refractivity contribution in [1.82, 2.24) is 0 Å². The van der Waals surface area contributed by atoms with Crippen LogP contribution in [0, 0.1) is 24.7 Å². The molecule has 27 heavy (non-hydrogen) atoms. The van der Waals surface area contributed by atoms with E-state index in [4.69, 9.17) is 9.47 Å². The SMILES string of the molecule is CCCCCC1CCC([C@H]2CO[C@H](c3ccc(CCC)cc3C)OC2)CC1. The Kier molecular flexibility index (Phi) is 8.21. The molecular formula is C25H40O2. The van der Waals surface area contributed by atoms with Crippen molar-refractivity contribution in [1.29, 1.82) is 0 Å². The normalized spacial score (nSPS) is 29.0. The lowest BCUT2D eigenvalue weighted by Crippen LogP contribution is -2.34. The zero-order chi connectivity index (χ0) is 19.1. The van der Waals surface area contributed by atoms with Crippen molar-refractivity contribution in [3.8, 4) is 0 Å². The Morgan fingerprint density at radius 3 is 2.26 bits per heavy atom. The van der Waals surface area contributed by atoms with Gasteiger partial charge in [0.05, 0.1) is 13.2 Å². The molecule has 0 N–H and O–H groups in total. The zero-order valence-electron chi connectivity index (χ0n) is 17.8. The Morgan fingerprint density at radius 2 is 1.63 bits per heavy atom. The number of hydrogen-bond donors (Lipinski definition) is 0. The number of rotatable bonds is 8. The third-order valence-corrected chi connectivity index (χ3v) is 6.82. The van der Waals surface area contributed by atoms with E-state index >= 15 is 0 Å². The van der Waals surface area contributed by atoms with E-state index < -0.39 is 0 Å². The second-order valence-electron chi connectivity index (χ2n) is 8.98. The Balaban J connectivity index is 1.44. The van der Waals surface area contributed by atoms with Gasteiger partial charge in [0.1, 0.15) is 0 Å². The summed E-state index contributed by atoms with van der Waals surface area (Å²) in [7, 11) is 0. The van der Waals surface area contributed by atoms with Crippen molar-refractivity contribution < 1.29 is 9.47 Å². The van der Waals surface area contributed by atoms with Crippen LogP contribution >= 0.6 is 0 Å². The van der Waals surface area contributed by atoms with Gasteiger partial charge in [0.25, 0.3) is 0 Å². The molecule has 152 valence electrons. The van der Waals surface area contributed by atoms with Crippen molar-refractivity contribution >= 4 is 0 Å². The van der Waals surface area contributed by atoms with Crippen LogP contribution in [0.4, 0.5) is 0 Å². The first kappa shape index (κ1) is 20.9. The Bertz CT molecular complexity index is 551. The topological polar surface area (TPSA) is 18.5 Å². The van der Waals surface area contributed by atoms with Gasteiger partial charge in [-0.15, -0.1) is 0 Å². The van der Waals surface area contributed by atoms with Gasteiger partial charge in [-0.2, -0.15) is 0 Å². The summed E-state index contributed by atoms with van der Waals surface area (Å²) in [6.07, 6.45) is 13.4. The summed E-state index contributed by atoms with van der Waals surface area (Å²) in [6, 6.07) is 6.76. The molecule has 2 aliphatic rings. The number of hydrogen-bond acceptors (Lipinski definition) is 2. The molecular weight excluding hydrogens is 332 g/mol. The lowest BCUT2D eigenvalue weighted by atomic mass is 9.74. The molecule has 0 unspecified atom stereocenters. The van der Waals surface area contributed by atoms with E-state index in [2.05, 4.69) is 39.0 Å².